The first-order chi connectivity index (χ1) is 10.2. The van der Waals surface area contributed by atoms with Gasteiger partial charge in [0.25, 0.3) is 5.69 Å². The van der Waals surface area contributed by atoms with Crippen LogP contribution in [0.2, 0.25) is 0 Å². The molecule has 0 aliphatic rings. The molecule has 0 spiro atoms. The Morgan fingerprint density at radius 3 is 2.57 bits per heavy atom. The van der Waals surface area contributed by atoms with Crippen molar-refractivity contribution in [1.82, 2.24) is 0 Å². The molecule has 0 aromatic heterocycles. The molecule has 5 nitrogen and oxygen atoms in total. The van der Waals surface area contributed by atoms with Gasteiger partial charge in [-0.1, -0.05) is 24.3 Å². The minimum atomic E-state index is -0.436. The van der Waals surface area contributed by atoms with E-state index in [2.05, 4.69) is 0 Å². The maximum Gasteiger partial charge on any atom is 0.273 e. The van der Waals surface area contributed by atoms with Gasteiger partial charge in [0.1, 0.15) is 11.5 Å². The SMILES string of the molecule is Cc1ccccc1OCCCOc1cccc([N+](=O)[O-])c1. The van der Waals surface area contributed by atoms with E-state index in [0.29, 0.717) is 25.4 Å². The van der Waals surface area contributed by atoms with E-state index in [1.807, 2.05) is 31.2 Å². The lowest BCUT2D eigenvalue weighted by molar-refractivity contribution is -0.384. The van der Waals surface area contributed by atoms with E-state index in [1.54, 1.807) is 12.1 Å². The average Bonchev–Trinajstić information content (AvgIpc) is 2.49. The van der Waals surface area contributed by atoms with Crippen molar-refractivity contribution < 1.29 is 14.4 Å². The van der Waals surface area contributed by atoms with Crippen LogP contribution in [0.3, 0.4) is 0 Å². The Morgan fingerprint density at radius 2 is 1.81 bits per heavy atom. The standard InChI is InChI=1S/C16H17NO4/c1-13-6-2-3-9-16(13)21-11-5-10-20-15-8-4-7-14(12-15)17(18)19/h2-4,6-9,12H,5,10-11H2,1H3. The number of para-hydroxylation sites is 1. The molecule has 2 rings (SSSR count). The number of rotatable bonds is 7. The Bertz CT molecular complexity index is 613. The number of benzene rings is 2. The second-order valence-corrected chi connectivity index (χ2v) is 4.57. The lowest BCUT2D eigenvalue weighted by Crippen LogP contribution is -2.05. The second kappa shape index (κ2) is 7.28. The molecule has 0 aliphatic heterocycles. The van der Waals surface area contributed by atoms with Gasteiger partial charge in [0.2, 0.25) is 0 Å². The highest BCUT2D eigenvalue weighted by Gasteiger charge is 2.06. The van der Waals surface area contributed by atoms with Crippen molar-refractivity contribution in [3.63, 3.8) is 0 Å². The predicted octanol–water partition coefficient (Wildman–Crippen LogP) is 3.75. The highest BCUT2D eigenvalue weighted by molar-refractivity contribution is 5.37. The normalized spacial score (nSPS) is 10.1. The van der Waals surface area contributed by atoms with Crippen molar-refractivity contribution in [3.05, 3.63) is 64.2 Å². The van der Waals surface area contributed by atoms with Crippen molar-refractivity contribution in [2.45, 2.75) is 13.3 Å². The highest BCUT2D eigenvalue weighted by Crippen LogP contribution is 2.19. The van der Waals surface area contributed by atoms with Crippen LogP contribution in [0.5, 0.6) is 11.5 Å². The van der Waals surface area contributed by atoms with Crippen LogP contribution in [0.4, 0.5) is 5.69 Å². The summed E-state index contributed by atoms with van der Waals surface area (Å²) in [6, 6.07) is 14.0. The van der Waals surface area contributed by atoms with E-state index >= 15 is 0 Å². The number of ether oxygens (including phenoxy) is 2. The molecule has 0 saturated carbocycles. The molecule has 0 amide bonds. The Kier molecular flexibility index (Phi) is 5.15. The number of aryl methyl sites for hydroxylation is 1. The van der Waals surface area contributed by atoms with Gasteiger partial charge in [0.15, 0.2) is 0 Å². The van der Waals surface area contributed by atoms with Crippen LogP contribution < -0.4 is 9.47 Å². The van der Waals surface area contributed by atoms with E-state index in [0.717, 1.165) is 11.3 Å². The van der Waals surface area contributed by atoms with Crippen LogP contribution in [0.25, 0.3) is 0 Å². The van der Waals surface area contributed by atoms with E-state index in [-0.39, 0.29) is 5.69 Å². The zero-order valence-corrected chi connectivity index (χ0v) is 11.8. The molecule has 2 aromatic rings. The fraction of sp³-hybridized carbons (Fsp3) is 0.250. The molecular formula is C16H17NO4. The predicted molar refractivity (Wildman–Crippen MR) is 79.9 cm³/mol. The lowest BCUT2D eigenvalue weighted by Gasteiger charge is -2.09. The van der Waals surface area contributed by atoms with E-state index in [1.165, 1.54) is 12.1 Å². The van der Waals surface area contributed by atoms with Crippen LogP contribution in [0.1, 0.15) is 12.0 Å². The van der Waals surface area contributed by atoms with Crippen LogP contribution in [-0.4, -0.2) is 18.1 Å². The zero-order chi connectivity index (χ0) is 15.1. The molecule has 0 heterocycles. The smallest absolute Gasteiger partial charge is 0.273 e. The number of hydrogen-bond acceptors (Lipinski definition) is 4. The third-order valence-electron chi connectivity index (χ3n) is 2.94. The van der Waals surface area contributed by atoms with Crippen molar-refractivity contribution in [2.75, 3.05) is 13.2 Å². The molecule has 21 heavy (non-hydrogen) atoms. The number of nitro benzene ring substituents is 1. The minimum Gasteiger partial charge on any atom is -0.493 e. The van der Waals surface area contributed by atoms with Crippen LogP contribution in [0, 0.1) is 17.0 Å². The molecule has 0 bridgehead atoms. The first kappa shape index (κ1) is 14.8. The van der Waals surface area contributed by atoms with Crippen molar-refractivity contribution in [2.24, 2.45) is 0 Å². The highest BCUT2D eigenvalue weighted by atomic mass is 16.6. The topological polar surface area (TPSA) is 61.6 Å². The number of nitro groups is 1. The summed E-state index contributed by atoms with van der Waals surface area (Å²) in [7, 11) is 0. The summed E-state index contributed by atoms with van der Waals surface area (Å²) in [4.78, 5) is 10.2. The fourth-order valence-corrected chi connectivity index (χ4v) is 1.84. The molecule has 0 atom stereocenters. The van der Waals surface area contributed by atoms with Crippen molar-refractivity contribution in [3.8, 4) is 11.5 Å². The largest absolute Gasteiger partial charge is 0.493 e. The molecule has 0 unspecified atom stereocenters. The zero-order valence-electron chi connectivity index (χ0n) is 11.8. The van der Waals surface area contributed by atoms with Crippen molar-refractivity contribution >= 4 is 5.69 Å². The van der Waals surface area contributed by atoms with Gasteiger partial charge in [0.05, 0.1) is 24.2 Å². The van der Waals surface area contributed by atoms with Gasteiger partial charge in [-0.15, -0.1) is 0 Å². The molecule has 0 saturated heterocycles. The molecule has 0 fully saturated rings. The van der Waals surface area contributed by atoms with E-state index in [9.17, 15) is 10.1 Å². The van der Waals surface area contributed by atoms with Gasteiger partial charge in [-0.05, 0) is 24.6 Å². The Balaban J connectivity index is 1.74. The average molecular weight is 287 g/mol. The van der Waals surface area contributed by atoms with Gasteiger partial charge in [-0.3, -0.25) is 10.1 Å². The van der Waals surface area contributed by atoms with E-state index < -0.39 is 4.92 Å². The second-order valence-electron chi connectivity index (χ2n) is 4.57. The van der Waals surface area contributed by atoms with Gasteiger partial charge in [-0.2, -0.15) is 0 Å². The van der Waals surface area contributed by atoms with Crippen LogP contribution in [0.15, 0.2) is 48.5 Å². The Hall–Kier alpha value is -2.56. The number of non-ortho nitro benzene ring substituents is 1. The summed E-state index contributed by atoms with van der Waals surface area (Å²) in [5, 5.41) is 10.6. The Labute approximate surface area is 123 Å². The van der Waals surface area contributed by atoms with Gasteiger partial charge >= 0.3 is 0 Å². The first-order valence-electron chi connectivity index (χ1n) is 6.72. The maximum atomic E-state index is 10.6. The molecule has 110 valence electrons. The molecular weight excluding hydrogens is 270 g/mol. The van der Waals surface area contributed by atoms with Crippen LogP contribution in [-0.2, 0) is 0 Å². The summed E-state index contributed by atoms with van der Waals surface area (Å²) >= 11 is 0. The summed E-state index contributed by atoms with van der Waals surface area (Å²) in [6.07, 6.45) is 0.705. The third kappa shape index (κ3) is 4.49. The molecule has 0 N–H and O–H groups in total. The summed E-state index contributed by atoms with van der Waals surface area (Å²) in [6.45, 7) is 2.99. The van der Waals surface area contributed by atoms with Gasteiger partial charge in [-0.25, -0.2) is 0 Å². The lowest BCUT2D eigenvalue weighted by atomic mass is 10.2. The number of nitrogens with zero attached hydrogens (tertiary/aromatic N) is 1. The summed E-state index contributed by atoms with van der Waals surface area (Å²) in [5.41, 5.74) is 1.13. The minimum absolute atomic E-state index is 0.0312. The van der Waals surface area contributed by atoms with Crippen LogP contribution >= 0.6 is 0 Å². The summed E-state index contributed by atoms with van der Waals surface area (Å²) < 4.78 is 11.1. The van der Waals surface area contributed by atoms with Gasteiger partial charge in [0, 0.05) is 12.5 Å². The van der Waals surface area contributed by atoms with Crippen molar-refractivity contribution in [1.29, 1.82) is 0 Å². The number of hydrogen-bond donors (Lipinski definition) is 0. The fourth-order valence-electron chi connectivity index (χ4n) is 1.84. The molecule has 0 aliphatic carbocycles. The molecule has 2 aromatic carbocycles. The monoisotopic (exact) mass is 287 g/mol. The third-order valence-corrected chi connectivity index (χ3v) is 2.94. The van der Waals surface area contributed by atoms with Gasteiger partial charge < -0.3 is 9.47 Å². The first-order valence-corrected chi connectivity index (χ1v) is 6.72. The quantitative estimate of drug-likeness (QED) is 0.442. The maximum absolute atomic E-state index is 10.6. The van der Waals surface area contributed by atoms with E-state index in [4.69, 9.17) is 9.47 Å². The molecule has 5 heteroatoms. The summed E-state index contributed by atoms with van der Waals surface area (Å²) in [5.74, 6) is 1.37. The molecule has 0 radical (unpaired) electrons. The Morgan fingerprint density at radius 1 is 1.05 bits per heavy atom.